The second-order valence-corrected chi connectivity index (χ2v) is 4.89. The van der Waals surface area contributed by atoms with Gasteiger partial charge in [-0.05, 0) is 34.1 Å². The van der Waals surface area contributed by atoms with Crippen LogP contribution in [-0.4, -0.2) is 13.0 Å². The van der Waals surface area contributed by atoms with Gasteiger partial charge < -0.3 is 10.1 Å². The second-order valence-electron chi connectivity index (χ2n) is 4.10. The molecule has 1 amide bonds. The van der Waals surface area contributed by atoms with Crippen molar-refractivity contribution in [3.8, 4) is 5.75 Å². The van der Waals surface area contributed by atoms with Crippen molar-refractivity contribution in [3.63, 3.8) is 0 Å². The van der Waals surface area contributed by atoms with Gasteiger partial charge in [0.2, 0.25) is 0 Å². The van der Waals surface area contributed by atoms with Crippen LogP contribution in [0.25, 0.3) is 0 Å². The number of rotatable bonds is 4. The van der Waals surface area contributed by atoms with Gasteiger partial charge in [0.05, 0.1) is 17.1 Å². The molecule has 0 saturated heterocycles. The smallest absolute Gasteiger partial charge is 0.252 e. The summed E-state index contributed by atoms with van der Waals surface area (Å²) in [4.78, 5) is 12.0. The number of carbonyl (C=O) groups is 1. The molecule has 2 rings (SSSR count). The lowest BCUT2D eigenvalue weighted by atomic mass is 10.1. The summed E-state index contributed by atoms with van der Waals surface area (Å²) in [5.74, 6) is -0.108. The Hall–Kier alpha value is -1.88. The highest BCUT2D eigenvalue weighted by atomic mass is 79.9. The Balaban J connectivity index is 2.11. The summed E-state index contributed by atoms with van der Waals surface area (Å²) in [7, 11) is 1.57. The van der Waals surface area contributed by atoms with E-state index in [-0.39, 0.29) is 15.9 Å². The van der Waals surface area contributed by atoms with Crippen molar-refractivity contribution in [1.29, 1.82) is 0 Å². The fourth-order valence-corrected chi connectivity index (χ4v) is 2.24. The monoisotopic (exact) mass is 337 g/mol. The van der Waals surface area contributed by atoms with Crippen molar-refractivity contribution in [2.24, 2.45) is 0 Å². The normalized spacial score (nSPS) is 10.2. The molecule has 2 aromatic rings. The summed E-state index contributed by atoms with van der Waals surface area (Å²) in [5.41, 5.74) is 1.12. The zero-order chi connectivity index (χ0) is 14.5. The van der Waals surface area contributed by atoms with E-state index in [4.69, 9.17) is 4.74 Å². The van der Waals surface area contributed by atoms with E-state index in [0.717, 1.165) is 5.56 Å². The lowest BCUT2D eigenvalue weighted by molar-refractivity contribution is 0.0949. The summed E-state index contributed by atoms with van der Waals surface area (Å²) in [6.07, 6.45) is 0. The van der Waals surface area contributed by atoms with Crippen molar-refractivity contribution >= 4 is 21.8 Å². The number of hydrogen-bond donors (Lipinski definition) is 1. The van der Waals surface area contributed by atoms with Gasteiger partial charge in [0.25, 0.3) is 5.91 Å². The molecule has 3 nitrogen and oxygen atoms in total. The topological polar surface area (TPSA) is 38.3 Å². The van der Waals surface area contributed by atoms with Gasteiger partial charge in [-0.1, -0.05) is 24.3 Å². The maximum Gasteiger partial charge on any atom is 0.252 e. The molecule has 0 heterocycles. The maximum absolute atomic E-state index is 13.4. The summed E-state index contributed by atoms with van der Waals surface area (Å²) < 4.78 is 18.7. The highest BCUT2D eigenvalue weighted by Gasteiger charge is 2.13. The molecule has 0 bridgehead atoms. The number of carbonyl (C=O) groups excluding carboxylic acids is 1. The molecule has 20 heavy (non-hydrogen) atoms. The van der Waals surface area contributed by atoms with Gasteiger partial charge in [0.1, 0.15) is 11.6 Å². The van der Waals surface area contributed by atoms with Crippen LogP contribution in [-0.2, 0) is 6.54 Å². The van der Waals surface area contributed by atoms with Gasteiger partial charge in [-0.3, -0.25) is 4.79 Å². The summed E-state index contributed by atoms with van der Waals surface area (Å²) in [6, 6.07) is 11.7. The molecule has 0 saturated carbocycles. The summed E-state index contributed by atoms with van der Waals surface area (Å²) in [5, 5.41) is 2.74. The SMILES string of the molecule is COc1ccccc1CNC(=O)c1cccc(F)c1Br. The van der Waals surface area contributed by atoms with Gasteiger partial charge >= 0.3 is 0 Å². The zero-order valence-corrected chi connectivity index (χ0v) is 12.4. The fourth-order valence-electron chi connectivity index (χ4n) is 1.80. The zero-order valence-electron chi connectivity index (χ0n) is 10.8. The van der Waals surface area contributed by atoms with Crippen LogP contribution in [0.15, 0.2) is 46.9 Å². The van der Waals surface area contributed by atoms with Gasteiger partial charge in [-0.15, -0.1) is 0 Å². The molecule has 0 aromatic heterocycles. The molecular weight excluding hydrogens is 325 g/mol. The van der Waals surface area contributed by atoms with E-state index in [1.54, 1.807) is 13.2 Å². The van der Waals surface area contributed by atoms with Crippen LogP contribution in [0.5, 0.6) is 5.75 Å². The van der Waals surface area contributed by atoms with E-state index < -0.39 is 5.82 Å². The van der Waals surface area contributed by atoms with E-state index in [9.17, 15) is 9.18 Å². The van der Waals surface area contributed by atoms with Gasteiger partial charge in [-0.2, -0.15) is 0 Å². The molecule has 0 unspecified atom stereocenters. The number of para-hydroxylation sites is 1. The average molecular weight is 338 g/mol. The first-order chi connectivity index (χ1) is 9.63. The molecule has 0 spiro atoms. The number of halogens is 2. The van der Waals surface area contributed by atoms with Crippen LogP contribution in [0.2, 0.25) is 0 Å². The van der Waals surface area contributed by atoms with Crippen LogP contribution in [0.3, 0.4) is 0 Å². The first-order valence-electron chi connectivity index (χ1n) is 5.97. The molecule has 0 fully saturated rings. The highest BCUT2D eigenvalue weighted by molar-refractivity contribution is 9.10. The largest absolute Gasteiger partial charge is 0.496 e. The molecule has 5 heteroatoms. The number of ether oxygens (including phenoxy) is 1. The predicted molar refractivity (Wildman–Crippen MR) is 78.3 cm³/mol. The predicted octanol–water partition coefficient (Wildman–Crippen LogP) is 3.53. The standard InChI is InChI=1S/C15H13BrFNO2/c1-20-13-8-3-2-5-10(13)9-18-15(19)11-6-4-7-12(17)14(11)16/h2-8H,9H2,1H3,(H,18,19). The number of hydrogen-bond acceptors (Lipinski definition) is 2. The van der Waals surface area contributed by atoms with Crippen molar-refractivity contribution < 1.29 is 13.9 Å². The quantitative estimate of drug-likeness (QED) is 0.926. The molecule has 1 N–H and O–H groups in total. The minimum atomic E-state index is -0.463. The number of nitrogens with one attached hydrogen (secondary N) is 1. The highest BCUT2D eigenvalue weighted by Crippen LogP contribution is 2.21. The van der Waals surface area contributed by atoms with Crippen LogP contribution >= 0.6 is 15.9 Å². The third kappa shape index (κ3) is 3.17. The lowest BCUT2D eigenvalue weighted by Gasteiger charge is -2.10. The van der Waals surface area contributed by atoms with E-state index in [0.29, 0.717) is 12.3 Å². The first kappa shape index (κ1) is 14.5. The number of methoxy groups -OCH3 is 1. The Labute approximate surface area is 124 Å². The Kier molecular flexibility index (Phi) is 4.74. The molecule has 0 atom stereocenters. The third-order valence-corrected chi connectivity index (χ3v) is 3.63. The Morgan fingerprint density at radius 1 is 1.25 bits per heavy atom. The van der Waals surface area contributed by atoms with Crippen LogP contribution in [0, 0.1) is 5.82 Å². The first-order valence-corrected chi connectivity index (χ1v) is 6.77. The number of benzene rings is 2. The van der Waals surface area contributed by atoms with Crippen molar-refractivity contribution in [2.75, 3.05) is 7.11 Å². The second kappa shape index (κ2) is 6.52. The maximum atomic E-state index is 13.4. The lowest BCUT2D eigenvalue weighted by Crippen LogP contribution is -2.23. The van der Waals surface area contributed by atoms with E-state index in [2.05, 4.69) is 21.2 Å². The summed E-state index contributed by atoms with van der Waals surface area (Å²) in [6.45, 7) is 0.311. The molecule has 0 radical (unpaired) electrons. The average Bonchev–Trinajstić information content (AvgIpc) is 2.48. The van der Waals surface area contributed by atoms with E-state index in [1.165, 1.54) is 12.1 Å². The Morgan fingerprint density at radius 2 is 2.00 bits per heavy atom. The van der Waals surface area contributed by atoms with Crippen molar-refractivity contribution in [1.82, 2.24) is 5.32 Å². The Bertz CT molecular complexity index is 631. The number of amides is 1. The van der Waals surface area contributed by atoms with Crippen LogP contribution in [0.4, 0.5) is 4.39 Å². The van der Waals surface area contributed by atoms with Gasteiger partial charge in [-0.25, -0.2) is 4.39 Å². The molecular formula is C15H13BrFNO2. The van der Waals surface area contributed by atoms with E-state index in [1.807, 2.05) is 24.3 Å². The van der Waals surface area contributed by atoms with Crippen molar-refractivity contribution in [3.05, 3.63) is 63.9 Å². The summed E-state index contributed by atoms with van der Waals surface area (Å²) >= 11 is 3.07. The molecule has 2 aromatic carbocycles. The Morgan fingerprint density at radius 3 is 2.75 bits per heavy atom. The minimum Gasteiger partial charge on any atom is -0.496 e. The van der Waals surface area contributed by atoms with Gasteiger partial charge in [0.15, 0.2) is 0 Å². The molecule has 0 aliphatic heterocycles. The van der Waals surface area contributed by atoms with Crippen molar-refractivity contribution in [2.45, 2.75) is 6.54 Å². The molecule has 0 aliphatic rings. The third-order valence-electron chi connectivity index (χ3n) is 2.83. The fraction of sp³-hybridized carbons (Fsp3) is 0.133. The van der Waals surface area contributed by atoms with E-state index >= 15 is 0 Å². The van der Waals surface area contributed by atoms with Crippen LogP contribution in [0.1, 0.15) is 15.9 Å². The van der Waals surface area contributed by atoms with Gasteiger partial charge in [0, 0.05) is 12.1 Å². The minimum absolute atomic E-state index is 0.164. The van der Waals surface area contributed by atoms with Crippen LogP contribution < -0.4 is 10.1 Å². The molecule has 0 aliphatic carbocycles. The molecule has 104 valence electrons.